The van der Waals surface area contributed by atoms with Crippen molar-refractivity contribution in [3.05, 3.63) is 35.2 Å². The van der Waals surface area contributed by atoms with E-state index in [0.29, 0.717) is 28.3 Å². The van der Waals surface area contributed by atoms with Gasteiger partial charge in [0.1, 0.15) is 22.0 Å². The highest BCUT2D eigenvalue weighted by Crippen LogP contribution is 2.33. The van der Waals surface area contributed by atoms with Gasteiger partial charge in [-0.05, 0) is 33.1 Å². The Morgan fingerprint density at radius 1 is 1.30 bits per heavy atom. The first-order valence-electron chi connectivity index (χ1n) is 11.7. The molecule has 4 heterocycles. The number of anilines is 1. The van der Waals surface area contributed by atoms with Crippen molar-refractivity contribution in [2.45, 2.75) is 63.6 Å². The number of rotatable bonds is 10. The molecule has 4 rings (SSSR count). The van der Waals surface area contributed by atoms with E-state index >= 15 is 0 Å². The van der Waals surface area contributed by atoms with E-state index in [-0.39, 0.29) is 47.6 Å². The number of H-pyrrole nitrogens is 1. The monoisotopic (exact) mass is 547 g/mol. The number of sulfone groups is 1. The van der Waals surface area contributed by atoms with Gasteiger partial charge >= 0.3 is 0 Å². The number of nitrogens with zero attached hydrogens (tertiary/aromatic N) is 7. The molecule has 0 fully saturated rings. The average Bonchev–Trinajstić information content (AvgIpc) is 3.62. The molecule has 0 unspecified atom stereocenters. The molecule has 0 saturated carbocycles. The minimum absolute atomic E-state index is 0.0372. The fourth-order valence-electron chi connectivity index (χ4n) is 4.25. The maximum absolute atomic E-state index is 13.1. The summed E-state index contributed by atoms with van der Waals surface area (Å²) in [6.45, 7) is 5.64. The maximum Gasteiger partial charge on any atom is 0.292 e. The molecule has 0 saturated heterocycles. The van der Waals surface area contributed by atoms with Crippen LogP contribution in [-0.4, -0.2) is 77.4 Å². The number of amides is 1. The van der Waals surface area contributed by atoms with Crippen LogP contribution in [0.25, 0.3) is 16.1 Å². The zero-order chi connectivity index (χ0) is 26.9. The highest BCUT2D eigenvalue weighted by atomic mass is 32.2. The summed E-state index contributed by atoms with van der Waals surface area (Å²) in [4.78, 5) is 27.1. The number of aromatic amines is 1. The lowest BCUT2D eigenvalue weighted by Gasteiger charge is -2.33. The number of carbonyl (C=O) groups excluding carboxylic acids is 1. The summed E-state index contributed by atoms with van der Waals surface area (Å²) in [6, 6.07) is -0.354. The number of aliphatic hydroxyl groups excluding tert-OH is 1. The number of aliphatic hydroxyl groups is 1. The van der Waals surface area contributed by atoms with Gasteiger partial charge < -0.3 is 20.7 Å². The number of aromatic nitrogens is 7. The minimum Gasteiger partial charge on any atom is -0.389 e. The lowest BCUT2D eigenvalue weighted by Crippen LogP contribution is -2.45. The quantitative estimate of drug-likeness (QED) is 0.264. The molecule has 13 nitrogen and oxygen atoms in total. The highest BCUT2D eigenvalue weighted by Gasteiger charge is 2.29. The third-order valence-corrected chi connectivity index (χ3v) is 8.43. The number of aryl methyl sites for hydroxylation is 1. The molecule has 4 aromatic rings. The van der Waals surface area contributed by atoms with E-state index in [2.05, 4.69) is 25.3 Å². The van der Waals surface area contributed by atoms with E-state index in [1.807, 2.05) is 20.8 Å². The van der Waals surface area contributed by atoms with Gasteiger partial charge in [-0.1, -0.05) is 6.92 Å². The maximum atomic E-state index is 13.1. The first kappa shape index (κ1) is 26.6. The van der Waals surface area contributed by atoms with Crippen molar-refractivity contribution in [1.29, 1.82) is 0 Å². The van der Waals surface area contributed by atoms with E-state index < -0.39 is 9.84 Å². The van der Waals surface area contributed by atoms with Gasteiger partial charge in [-0.2, -0.15) is 9.61 Å². The van der Waals surface area contributed by atoms with Gasteiger partial charge in [0.05, 0.1) is 28.9 Å². The molecule has 198 valence electrons. The van der Waals surface area contributed by atoms with Crippen LogP contribution in [-0.2, 0) is 22.9 Å². The minimum atomic E-state index is -3.75. The van der Waals surface area contributed by atoms with E-state index in [0.717, 1.165) is 17.6 Å². The summed E-state index contributed by atoms with van der Waals surface area (Å²) >= 11 is 1.28. The second-order valence-corrected chi connectivity index (χ2v) is 11.9. The van der Waals surface area contributed by atoms with Crippen LogP contribution in [0.5, 0.6) is 0 Å². The van der Waals surface area contributed by atoms with Gasteiger partial charge in [-0.3, -0.25) is 4.79 Å². The molecule has 37 heavy (non-hydrogen) atoms. The van der Waals surface area contributed by atoms with E-state index in [1.165, 1.54) is 22.2 Å². The second-order valence-electron chi connectivity index (χ2n) is 8.81. The molecular weight excluding hydrogens is 518 g/mol. The molecule has 15 heteroatoms. The van der Waals surface area contributed by atoms with Gasteiger partial charge in [-0.15, -0.1) is 21.5 Å². The van der Waals surface area contributed by atoms with Crippen LogP contribution in [0.3, 0.4) is 0 Å². The fraction of sp³-hybridized carbons (Fsp3) is 0.455. The summed E-state index contributed by atoms with van der Waals surface area (Å²) in [5.74, 6) is -0.179. The Bertz CT molecular complexity index is 1510. The lowest BCUT2D eigenvalue weighted by molar-refractivity contribution is 0.0580. The number of carbonyl (C=O) groups is 1. The van der Waals surface area contributed by atoms with Crippen LogP contribution in [0.15, 0.2) is 23.6 Å². The average molecular weight is 548 g/mol. The van der Waals surface area contributed by atoms with Crippen molar-refractivity contribution in [3.8, 4) is 10.4 Å². The number of nitrogens with one attached hydrogen (secondary N) is 1. The number of fused-ring (bicyclic) bond motifs is 1. The largest absolute Gasteiger partial charge is 0.389 e. The number of nitrogens with two attached hydrogens (primary N) is 1. The lowest BCUT2D eigenvalue weighted by atomic mass is 10.1. The topological polar surface area (TPSA) is 185 Å². The Kier molecular flexibility index (Phi) is 7.57. The molecular formula is C22H29N9O4S2. The summed E-state index contributed by atoms with van der Waals surface area (Å²) in [5.41, 5.74) is 7.63. The Morgan fingerprint density at radius 2 is 2.05 bits per heavy atom. The fourth-order valence-corrected chi connectivity index (χ4v) is 6.08. The Morgan fingerprint density at radius 3 is 2.65 bits per heavy atom. The normalized spacial score (nSPS) is 13.6. The molecule has 0 aliphatic carbocycles. The third kappa shape index (κ3) is 5.19. The van der Waals surface area contributed by atoms with E-state index in [4.69, 9.17) is 10.7 Å². The number of nitrogen functional groups attached to an aromatic ring is 1. The summed E-state index contributed by atoms with van der Waals surface area (Å²) in [5, 5.41) is 21.7. The van der Waals surface area contributed by atoms with Gasteiger partial charge in [0.2, 0.25) is 5.82 Å². The zero-order valence-corrected chi connectivity index (χ0v) is 22.5. The molecule has 4 aromatic heterocycles. The van der Waals surface area contributed by atoms with E-state index in [9.17, 15) is 18.3 Å². The van der Waals surface area contributed by atoms with Crippen molar-refractivity contribution < 1.29 is 18.3 Å². The standard InChI is InChI=1S/C22H29N9O4S2/c1-5-12(2)30(22(33)20-25-11-26-29-20)13(3)6-7-15-18(37(4,34)35)19(23)31-21(28-15)14(8-27-31)16-9-24-17(10-32)36-16/h8-9,11-13,32H,5-7,10,23H2,1-4H3,(H,25,26,29)/t12-,13+/m0/s1. The third-order valence-electron chi connectivity index (χ3n) is 6.23. The molecule has 0 aromatic carbocycles. The van der Waals surface area contributed by atoms with Crippen molar-refractivity contribution in [2.24, 2.45) is 0 Å². The first-order chi connectivity index (χ1) is 17.6. The SMILES string of the molecule is CC[C@H](C)N(C(=O)c1nnc[nH]1)[C@H](C)CCc1nc2c(-c3cnc(CO)s3)cnn2c(N)c1S(C)(=O)=O. The van der Waals surface area contributed by atoms with E-state index in [1.54, 1.807) is 17.3 Å². The number of thiazole rings is 1. The molecule has 0 aliphatic heterocycles. The summed E-state index contributed by atoms with van der Waals surface area (Å²) in [7, 11) is -3.75. The smallest absolute Gasteiger partial charge is 0.292 e. The van der Waals surface area contributed by atoms with Crippen molar-refractivity contribution >= 4 is 38.5 Å². The number of hydrogen-bond acceptors (Lipinski definition) is 11. The van der Waals surface area contributed by atoms with Gasteiger partial charge in [-0.25, -0.2) is 18.4 Å². The van der Waals surface area contributed by atoms with Crippen LogP contribution >= 0.6 is 11.3 Å². The van der Waals surface area contributed by atoms with Crippen LogP contribution in [0.1, 0.15) is 54.9 Å². The summed E-state index contributed by atoms with van der Waals surface area (Å²) in [6.07, 6.45) is 6.98. The zero-order valence-electron chi connectivity index (χ0n) is 20.9. The highest BCUT2D eigenvalue weighted by molar-refractivity contribution is 7.91. The molecule has 0 spiro atoms. The van der Waals surface area contributed by atoms with Crippen molar-refractivity contribution in [2.75, 3.05) is 12.0 Å². The number of hydrogen-bond donors (Lipinski definition) is 3. The molecule has 4 N–H and O–H groups in total. The van der Waals surface area contributed by atoms with Crippen LogP contribution in [0.4, 0.5) is 5.82 Å². The first-order valence-corrected chi connectivity index (χ1v) is 14.4. The Hall–Kier alpha value is -3.43. The molecule has 2 atom stereocenters. The Balaban J connectivity index is 1.72. The van der Waals surface area contributed by atoms with Gasteiger partial charge in [0.15, 0.2) is 15.5 Å². The molecule has 0 bridgehead atoms. The van der Waals surface area contributed by atoms with Crippen molar-refractivity contribution in [3.63, 3.8) is 0 Å². The van der Waals surface area contributed by atoms with Gasteiger partial charge in [0.25, 0.3) is 5.91 Å². The second kappa shape index (κ2) is 10.5. The van der Waals surface area contributed by atoms with Crippen LogP contribution < -0.4 is 5.73 Å². The molecule has 1 amide bonds. The predicted octanol–water partition coefficient (Wildman–Crippen LogP) is 1.71. The van der Waals surface area contributed by atoms with Crippen LogP contribution in [0, 0.1) is 0 Å². The Labute approximate surface area is 217 Å². The van der Waals surface area contributed by atoms with Crippen molar-refractivity contribution in [1.82, 2.24) is 39.7 Å². The molecule has 0 aliphatic rings. The van der Waals surface area contributed by atoms with Gasteiger partial charge in [0, 0.05) is 24.5 Å². The molecule has 0 radical (unpaired) electrons. The predicted molar refractivity (Wildman–Crippen MR) is 138 cm³/mol. The summed E-state index contributed by atoms with van der Waals surface area (Å²) < 4.78 is 26.8. The van der Waals surface area contributed by atoms with Crippen LogP contribution in [0.2, 0.25) is 0 Å².